The van der Waals surface area contributed by atoms with Crippen LogP contribution in [0.3, 0.4) is 0 Å². The first kappa shape index (κ1) is 19.6. The van der Waals surface area contributed by atoms with E-state index in [2.05, 4.69) is 15.3 Å². The fraction of sp³-hybridized carbons (Fsp3) is 0.353. The second kappa shape index (κ2) is 7.26. The highest BCUT2D eigenvalue weighted by Crippen LogP contribution is 2.28. The highest BCUT2D eigenvalue weighted by atomic mass is 32.2. The molecule has 4 rings (SSSR count). The molecule has 1 fully saturated rings. The molecule has 8 nitrogen and oxygen atoms in total. The van der Waals surface area contributed by atoms with Crippen LogP contribution in [-0.4, -0.2) is 58.7 Å². The normalized spacial score (nSPS) is 16.4. The van der Waals surface area contributed by atoms with Crippen molar-refractivity contribution in [1.29, 1.82) is 0 Å². The largest absolute Gasteiger partial charge is 0.453 e. The number of aromatic nitrogens is 4. The number of halogens is 3. The Kier molecular flexibility index (Phi) is 4.90. The molecule has 0 radical (unpaired) electrons. The first-order chi connectivity index (χ1) is 13.7. The lowest BCUT2D eigenvalue weighted by atomic mass is 10.2. The van der Waals surface area contributed by atoms with Crippen LogP contribution in [-0.2, 0) is 22.0 Å². The summed E-state index contributed by atoms with van der Waals surface area (Å²) in [5, 5.41) is 10.6. The number of hydrogen-bond acceptors (Lipinski definition) is 6. The van der Waals surface area contributed by atoms with Gasteiger partial charge in [0, 0.05) is 26.2 Å². The number of nitrogens with zero attached hydrogens (tertiary/aromatic N) is 6. The summed E-state index contributed by atoms with van der Waals surface area (Å²) in [6.45, 7) is 1.08. The summed E-state index contributed by atoms with van der Waals surface area (Å²) in [5.74, 6) is -0.977. The fourth-order valence-corrected chi connectivity index (χ4v) is 4.71. The van der Waals surface area contributed by atoms with Crippen molar-refractivity contribution >= 4 is 21.5 Å². The van der Waals surface area contributed by atoms with E-state index in [9.17, 15) is 21.6 Å². The summed E-state index contributed by atoms with van der Waals surface area (Å²) in [6.07, 6.45) is -4.67. The highest BCUT2D eigenvalue weighted by molar-refractivity contribution is 7.88. The second-order valence-corrected chi connectivity index (χ2v) is 8.58. The lowest BCUT2D eigenvalue weighted by Crippen LogP contribution is -2.49. The van der Waals surface area contributed by atoms with Gasteiger partial charge in [0.2, 0.25) is 10.0 Å². The van der Waals surface area contributed by atoms with E-state index in [0.717, 1.165) is 0 Å². The molecule has 0 amide bonds. The predicted molar refractivity (Wildman–Crippen MR) is 98.6 cm³/mol. The average molecular weight is 426 g/mol. The molecule has 0 atom stereocenters. The first-order valence-electron chi connectivity index (χ1n) is 8.80. The number of alkyl halides is 3. The zero-order valence-electron chi connectivity index (χ0n) is 15.1. The summed E-state index contributed by atoms with van der Waals surface area (Å²) in [5.41, 5.74) is 0.694. The molecule has 1 aromatic carbocycles. The summed E-state index contributed by atoms with van der Waals surface area (Å²) < 4.78 is 66.4. The Hall–Kier alpha value is -2.73. The van der Waals surface area contributed by atoms with Crippen molar-refractivity contribution in [2.24, 2.45) is 0 Å². The van der Waals surface area contributed by atoms with E-state index in [1.165, 1.54) is 10.4 Å². The molecule has 2 aromatic heterocycles. The third-order valence-corrected chi connectivity index (χ3v) is 6.50. The Morgan fingerprint density at radius 2 is 1.62 bits per heavy atom. The predicted octanol–water partition coefficient (Wildman–Crippen LogP) is 1.80. The molecule has 1 aliphatic heterocycles. The maximum Gasteiger partial charge on any atom is 0.453 e. The molecule has 3 heterocycles. The third-order valence-electron chi connectivity index (χ3n) is 4.65. The van der Waals surface area contributed by atoms with E-state index in [4.69, 9.17) is 0 Å². The van der Waals surface area contributed by atoms with Crippen molar-refractivity contribution in [2.45, 2.75) is 11.9 Å². The van der Waals surface area contributed by atoms with E-state index < -0.39 is 22.0 Å². The summed E-state index contributed by atoms with van der Waals surface area (Å²) in [7, 11) is -3.48. The van der Waals surface area contributed by atoms with E-state index >= 15 is 0 Å². The number of benzene rings is 1. The molecule has 0 N–H and O–H groups in total. The van der Waals surface area contributed by atoms with Gasteiger partial charge in [-0.1, -0.05) is 30.3 Å². The van der Waals surface area contributed by atoms with Crippen LogP contribution in [0.1, 0.15) is 11.4 Å². The molecule has 0 saturated carbocycles. The van der Waals surface area contributed by atoms with Crippen LogP contribution in [0, 0.1) is 0 Å². The van der Waals surface area contributed by atoms with Gasteiger partial charge >= 0.3 is 6.18 Å². The minimum Gasteiger partial charge on any atom is -0.353 e. The molecule has 1 saturated heterocycles. The smallest absolute Gasteiger partial charge is 0.353 e. The third kappa shape index (κ3) is 4.03. The molecular formula is C17H17F3N6O2S. The Balaban J connectivity index is 1.48. The van der Waals surface area contributed by atoms with Gasteiger partial charge < -0.3 is 4.90 Å². The average Bonchev–Trinajstić information content (AvgIpc) is 3.12. The first-order valence-corrected chi connectivity index (χ1v) is 10.4. The summed E-state index contributed by atoms with van der Waals surface area (Å²) in [6, 6.07) is 11.9. The minimum atomic E-state index is -4.67. The van der Waals surface area contributed by atoms with Crippen molar-refractivity contribution in [1.82, 2.24) is 24.1 Å². The van der Waals surface area contributed by atoms with Gasteiger partial charge in [0.25, 0.3) is 5.82 Å². The zero-order chi connectivity index (χ0) is 20.6. The summed E-state index contributed by atoms with van der Waals surface area (Å²) >= 11 is 0. The van der Waals surface area contributed by atoms with Crippen LogP contribution in [0.25, 0.3) is 5.65 Å². The van der Waals surface area contributed by atoms with Gasteiger partial charge in [0.15, 0.2) is 5.65 Å². The van der Waals surface area contributed by atoms with Gasteiger partial charge in [-0.05, 0) is 17.7 Å². The number of piperazine rings is 1. The second-order valence-electron chi connectivity index (χ2n) is 6.61. The Morgan fingerprint density at radius 3 is 2.28 bits per heavy atom. The number of anilines is 1. The highest BCUT2D eigenvalue weighted by Gasteiger charge is 2.38. The van der Waals surface area contributed by atoms with Crippen molar-refractivity contribution in [2.75, 3.05) is 31.1 Å². The van der Waals surface area contributed by atoms with Crippen LogP contribution >= 0.6 is 0 Å². The van der Waals surface area contributed by atoms with Gasteiger partial charge in [-0.3, -0.25) is 0 Å². The van der Waals surface area contributed by atoms with Gasteiger partial charge in [-0.2, -0.15) is 22.0 Å². The quantitative estimate of drug-likeness (QED) is 0.633. The van der Waals surface area contributed by atoms with E-state index in [1.807, 2.05) is 6.07 Å². The molecule has 0 unspecified atom stereocenters. The van der Waals surface area contributed by atoms with Gasteiger partial charge in [0.1, 0.15) is 5.82 Å². The maximum atomic E-state index is 13.0. The molecule has 1 aliphatic rings. The lowest BCUT2D eigenvalue weighted by molar-refractivity contribution is -0.146. The zero-order valence-corrected chi connectivity index (χ0v) is 15.9. The van der Waals surface area contributed by atoms with Crippen LogP contribution in [0.15, 0.2) is 42.5 Å². The Labute approximate surface area is 164 Å². The molecule has 0 aliphatic carbocycles. The minimum absolute atomic E-state index is 0.00912. The van der Waals surface area contributed by atoms with Crippen molar-refractivity contribution in [3.8, 4) is 0 Å². The Morgan fingerprint density at radius 1 is 0.931 bits per heavy atom. The van der Waals surface area contributed by atoms with E-state index in [0.29, 0.717) is 29.0 Å². The lowest BCUT2D eigenvalue weighted by Gasteiger charge is -2.34. The number of sulfonamides is 1. The molecule has 154 valence electrons. The molecular weight excluding hydrogens is 409 g/mol. The summed E-state index contributed by atoms with van der Waals surface area (Å²) in [4.78, 5) is 1.74. The van der Waals surface area contributed by atoms with Crippen LogP contribution < -0.4 is 4.90 Å². The topological polar surface area (TPSA) is 83.7 Å². The van der Waals surface area contributed by atoms with Crippen molar-refractivity contribution in [3.05, 3.63) is 53.9 Å². The van der Waals surface area contributed by atoms with Crippen molar-refractivity contribution < 1.29 is 21.6 Å². The molecule has 3 aromatic rings. The molecule has 0 bridgehead atoms. The van der Waals surface area contributed by atoms with Crippen LogP contribution in [0.4, 0.5) is 19.0 Å². The molecule has 12 heteroatoms. The standard InChI is InChI=1S/C17H17F3N6O2S/c18-17(19,20)16-22-21-14-6-7-15(23-26(14)16)24-8-10-25(11-9-24)29(27,28)12-13-4-2-1-3-5-13/h1-7H,8-12H2. The van der Waals surface area contributed by atoms with Gasteiger partial charge in [0.05, 0.1) is 5.75 Å². The van der Waals surface area contributed by atoms with Crippen LogP contribution in [0.5, 0.6) is 0 Å². The van der Waals surface area contributed by atoms with Gasteiger partial charge in [-0.15, -0.1) is 15.3 Å². The van der Waals surface area contributed by atoms with Crippen LogP contribution in [0.2, 0.25) is 0 Å². The number of fused-ring (bicyclic) bond motifs is 1. The van der Waals surface area contributed by atoms with Crippen molar-refractivity contribution in [3.63, 3.8) is 0 Å². The van der Waals surface area contributed by atoms with Gasteiger partial charge in [-0.25, -0.2) is 8.42 Å². The SMILES string of the molecule is O=S(=O)(Cc1ccccc1)N1CCN(c2ccc3nnc(C(F)(F)F)n3n2)CC1. The molecule has 0 spiro atoms. The van der Waals surface area contributed by atoms with E-state index in [1.54, 1.807) is 35.2 Å². The Bertz CT molecular complexity index is 1110. The van der Waals surface area contributed by atoms with E-state index in [-0.39, 0.29) is 24.5 Å². The maximum absolute atomic E-state index is 13.0. The fourth-order valence-electron chi connectivity index (χ4n) is 3.20. The number of rotatable bonds is 4. The molecule has 29 heavy (non-hydrogen) atoms. The monoisotopic (exact) mass is 426 g/mol. The number of hydrogen-bond donors (Lipinski definition) is 0.